The van der Waals surface area contributed by atoms with Crippen LogP contribution in [0.2, 0.25) is 0 Å². The number of carbonyl (C=O) groups is 1. The fourth-order valence-corrected chi connectivity index (χ4v) is 5.06. The summed E-state index contributed by atoms with van der Waals surface area (Å²) >= 11 is 1.65. The number of hydrogen-bond acceptors (Lipinski definition) is 6. The minimum Gasteiger partial charge on any atom is -0.376 e. The van der Waals surface area contributed by atoms with Crippen LogP contribution in [0.25, 0.3) is 21.2 Å². The van der Waals surface area contributed by atoms with Crippen molar-refractivity contribution in [2.45, 2.75) is 39.5 Å². The fourth-order valence-electron chi connectivity index (χ4n) is 3.85. The molecule has 2 atom stereocenters. The fraction of sp³-hybridized carbons (Fsp3) is 0.409. The van der Waals surface area contributed by atoms with Gasteiger partial charge >= 0.3 is 0 Å². The molecule has 0 saturated carbocycles. The maximum Gasteiger partial charge on any atom is 0.259 e. The van der Waals surface area contributed by atoms with Gasteiger partial charge in [-0.3, -0.25) is 14.5 Å². The molecule has 0 radical (unpaired) electrons. The molecule has 1 aliphatic heterocycles. The lowest BCUT2D eigenvalue weighted by atomic mass is 10.1. The average Bonchev–Trinajstić information content (AvgIpc) is 3.12. The number of ether oxygens (including phenoxy) is 1. The van der Waals surface area contributed by atoms with E-state index in [0.29, 0.717) is 11.9 Å². The Morgan fingerprint density at radius 3 is 2.93 bits per heavy atom. The normalized spacial score (nSPS) is 19.9. The van der Waals surface area contributed by atoms with Crippen LogP contribution in [0.15, 0.2) is 35.4 Å². The third-order valence-electron chi connectivity index (χ3n) is 5.65. The summed E-state index contributed by atoms with van der Waals surface area (Å²) in [5, 5.41) is 3.45. The molecular weight excluding hydrogens is 400 g/mol. The zero-order valence-corrected chi connectivity index (χ0v) is 18.5. The SMILES string of the molecule is CC(=O)Nc1cc(-c2cn(C)c(=O)c3cc(CN4CCO[C@H](C)[C@H]4C)sc23)ccn1. The topological polar surface area (TPSA) is 76.5 Å². The lowest BCUT2D eigenvalue weighted by Gasteiger charge is -2.37. The lowest BCUT2D eigenvalue weighted by Crippen LogP contribution is -2.47. The number of hydrogen-bond donors (Lipinski definition) is 1. The Balaban J connectivity index is 1.75. The molecule has 0 unspecified atom stereocenters. The molecule has 0 aromatic carbocycles. The second-order valence-electron chi connectivity index (χ2n) is 7.81. The summed E-state index contributed by atoms with van der Waals surface area (Å²) in [5.74, 6) is 0.326. The Kier molecular flexibility index (Phi) is 5.73. The largest absolute Gasteiger partial charge is 0.376 e. The van der Waals surface area contributed by atoms with Crippen molar-refractivity contribution in [3.63, 3.8) is 0 Å². The van der Waals surface area contributed by atoms with Gasteiger partial charge in [-0.15, -0.1) is 11.3 Å². The predicted octanol–water partition coefficient (Wildman–Crippen LogP) is 3.23. The Hall–Kier alpha value is -2.55. The first-order valence-corrected chi connectivity index (χ1v) is 10.9. The number of nitrogens with zero attached hydrogens (tertiary/aromatic N) is 3. The van der Waals surface area contributed by atoms with E-state index in [4.69, 9.17) is 4.74 Å². The molecule has 4 heterocycles. The van der Waals surface area contributed by atoms with Crippen LogP contribution < -0.4 is 10.9 Å². The molecule has 1 N–H and O–H groups in total. The van der Waals surface area contributed by atoms with Crippen LogP contribution in [0.3, 0.4) is 0 Å². The second kappa shape index (κ2) is 8.29. The summed E-state index contributed by atoms with van der Waals surface area (Å²) in [6, 6.07) is 6.09. The monoisotopic (exact) mass is 426 g/mol. The van der Waals surface area contributed by atoms with E-state index in [-0.39, 0.29) is 17.6 Å². The number of aromatic nitrogens is 2. The van der Waals surface area contributed by atoms with E-state index in [9.17, 15) is 9.59 Å². The van der Waals surface area contributed by atoms with Gasteiger partial charge in [-0.05, 0) is 37.6 Å². The van der Waals surface area contributed by atoms with Crippen LogP contribution in [-0.4, -0.2) is 45.7 Å². The minimum atomic E-state index is -0.169. The number of fused-ring (bicyclic) bond motifs is 1. The highest BCUT2D eigenvalue weighted by molar-refractivity contribution is 7.19. The first-order chi connectivity index (χ1) is 14.3. The number of thiophene rings is 1. The Bertz CT molecular complexity index is 1150. The second-order valence-corrected chi connectivity index (χ2v) is 8.95. The van der Waals surface area contributed by atoms with E-state index in [1.807, 2.05) is 24.4 Å². The number of aryl methyl sites for hydroxylation is 1. The Labute approximate surface area is 179 Å². The molecule has 0 bridgehead atoms. The van der Waals surface area contributed by atoms with Crippen LogP contribution >= 0.6 is 11.3 Å². The van der Waals surface area contributed by atoms with Crippen molar-refractivity contribution in [1.29, 1.82) is 0 Å². The number of nitrogens with one attached hydrogen (secondary N) is 1. The molecule has 3 aromatic rings. The van der Waals surface area contributed by atoms with Gasteiger partial charge in [0, 0.05) is 60.6 Å². The number of rotatable bonds is 4. The van der Waals surface area contributed by atoms with Crippen LogP contribution in [0, 0.1) is 0 Å². The molecular formula is C22H26N4O3S. The highest BCUT2D eigenvalue weighted by Gasteiger charge is 2.26. The van der Waals surface area contributed by atoms with Gasteiger partial charge < -0.3 is 14.6 Å². The number of anilines is 1. The summed E-state index contributed by atoms with van der Waals surface area (Å²) < 4.78 is 8.32. The molecule has 3 aromatic heterocycles. The van der Waals surface area contributed by atoms with Gasteiger partial charge in [0.25, 0.3) is 5.56 Å². The summed E-state index contributed by atoms with van der Waals surface area (Å²) in [6.07, 6.45) is 3.72. The van der Waals surface area contributed by atoms with E-state index < -0.39 is 0 Å². The molecule has 1 fully saturated rings. The zero-order chi connectivity index (χ0) is 21.4. The van der Waals surface area contributed by atoms with Gasteiger partial charge in [-0.25, -0.2) is 4.98 Å². The van der Waals surface area contributed by atoms with Gasteiger partial charge in [0.1, 0.15) is 5.82 Å². The minimum absolute atomic E-state index is 0.00390. The highest BCUT2D eigenvalue weighted by atomic mass is 32.1. The number of morpholine rings is 1. The molecule has 8 heteroatoms. The van der Waals surface area contributed by atoms with Gasteiger partial charge in [0.15, 0.2) is 0 Å². The molecule has 30 heavy (non-hydrogen) atoms. The van der Waals surface area contributed by atoms with Crippen molar-refractivity contribution in [2.75, 3.05) is 18.5 Å². The Morgan fingerprint density at radius 1 is 1.37 bits per heavy atom. The van der Waals surface area contributed by atoms with Gasteiger partial charge in [-0.1, -0.05) is 0 Å². The van der Waals surface area contributed by atoms with Crippen LogP contribution in [0.1, 0.15) is 25.6 Å². The van der Waals surface area contributed by atoms with Crippen LogP contribution in [-0.2, 0) is 23.1 Å². The summed E-state index contributed by atoms with van der Waals surface area (Å²) in [5.41, 5.74) is 1.87. The van der Waals surface area contributed by atoms with Gasteiger partial charge in [0.2, 0.25) is 5.91 Å². The predicted molar refractivity (Wildman–Crippen MR) is 120 cm³/mol. The van der Waals surface area contributed by atoms with Crippen LogP contribution in [0.5, 0.6) is 0 Å². The van der Waals surface area contributed by atoms with Crippen molar-refractivity contribution in [2.24, 2.45) is 7.05 Å². The van der Waals surface area contributed by atoms with Gasteiger partial charge in [-0.2, -0.15) is 0 Å². The standard InChI is InChI=1S/C22H26N4O3S/c1-13-14(2)29-8-7-26(13)11-17-10-18-21(30-17)19(12-25(4)22(18)28)16-5-6-23-20(9-16)24-15(3)27/h5-6,9-10,12-14H,7-8,11H2,1-4H3,(H,23,24,27)/t13-,14-/m1/s1. The van der Waals surface area contributed by atoms with Crippen molar-refractivity contribution in [1.82, 2.24) is 14.5 Å². The maximum absolute atomic E-state index is 12.8. The Morgan fingerprint density at radius 2 is 2.17 bits per heavy atom. The van der Waals surface area contributed by atoms with Gasteiger partial charge in [0.05, 0.1) is 18.1 Å². The molecule has 4 rings (SSSR count). The zero-order valence-electron chi connectivity index (χ0n) is 17.6. The molecule has 158 valence electrons. The first-order valence-electron chi connectivity index (χ1n) is 10.0. The van der Waals surface area contributed by atoms with E-state index in [1.54, 1.807) is 29.1 Å². The average molecular weight is 427 g/mol. The van der Waals surface area contributed by atoms with Crippen molar-refractivity contribution < 1.29 is 9.53 Å². The summed E-state index contributed by atoms with van der Waals surface area (Å²) in [6.45, 7) is 8.15. The number of amides is 1. The summed E-state index contributed by atoms with van der Waals surface area (Å²) in [7, 11) is 1.77. The van der Waals surface area contributed by atoms with E-state index in [1.165, 1.54) is 6.92 Å². The lowest BCUT2D eigenvalue weighted by molar-refractivity contribution is -0.114. The smallest absolute Gasteiger partial charge is 0.259 e. The molecule has 1 aliphatic rings. The number of pyridine rings is 2. The van der Waals surface area contributed by atoms with Crippen LogP contribution in [0.4, 0.5) is 5.82 Å². The summed E-state index contributed by atoms with van der Waals surface area (Å²) in [4.78, 5) is 32.0. The quantitative estimate of drug-likeness (QED) is 0.693. The molecule has 1 amide bonds. The molecule has 7 nitrogen and oxygen atoms in total. The van der Waals surface area contributed by atoms with E-state index in [0.717, 1.165) is 45.8 Å². The van der Waals surface area contributed by atoms with Crippen molar-refractivity contribution in [3.8, 4) is 11.1 Å². The molecule has 0 aliphatic carbocycles. The maximum atomic E-state index is 12.8. The van der Waals surface area contributed by atoms with Crippen molar-refractivity contribution in [3.05, 3.63) is 45.8 Å². The van der Waals surface area contributed by atoms with E-state index in [2.05, 4.69) is 29.0 Å². The number of carbonyl (C=O) groups excluding carboxylic acids is 1. The van der Waals surface area contributed by atoms with Crippen molar-refractivity contribution >= 4 is 33.1 Å². The first kappa shape index (κ1) is 20.7. The molecule has 1 saturated heterocycles. The highest BCUT2D eigenvalue weighted by Crippen LogP contribution is 2.34. The third-order valence-corrected chi connectivity index (χ3v) is 6.80. The van der Waals surface area contributed by atoms with E-state index >= 15 is 0 Å². The molecule has 0 spiro atoms. The third kappa shape index (κ3) is 4.03.